The molecule has 37 heavy (non-hydrogen) atoms. The molecule has 2 heterocycles. The molecular weight excluding hydrogens is 468 g/mol. The number of hydrogen-bond acceptors (Lipinski definition) is 6. The second-order valence-electron chi connectivity index (χ2n) is 8.88. The first-order valence-corrected chi connectivity index (χ1v) is 12.1. The van der Waals surface area contributed by atoms with Crippen molar-refractivity contribution in [3.8, 4) is 11.1 Å². The number of likely N-dealkylation sites (tertiary alicyclic amines) is 1. The molecule has 0 bridgehead atoms. The van der Waals surface area contributed by atoms with E-state index < -0.39 is 11.9 Å². The topological polar surface area (TPSA) is 85.8 Å². The third-order valence-electron chi connectivity index (χ3n) is 6.49. The van der Waals surface area contributed by atoms with Gasteiger partial charge in [-0.3, -0.25) is 4.79 Å². The SMILES string of the molecule is COC(=O)c1c(COC(=O)c2ccc(CN3CCCC3=O)cc2)nc2ccccc2c1-c1ccccc1. The van der Waals surface area contributed by atoms with Crippen molar-refractivity contribution >= 4 is 28.7 Å². The Kier molecular flexibility index (Phi) is 6.94. The number of pyridine rings is 1. The average Bonchev–Trinajstić information content (AvgIpc) is 3.35. The highest BCUT2D eigenvalue weighted by Gasteiger charge is 2.24. The molecule has 0 unspecified atom stereocenters. The highest BCUT2D eigenvalue weighted by Crippen LogP contribution is 2.34. The van der Waals surface area contributed by atoms with Crippen molar-refractivity contribution in [3.63, 3.8) is 0 Å². The maximum absolute atomic E-state index is 13.0. The lowest BCUT2D eigenvalue weighted by atomic mass is 9.94. The van der Waals surface area contributed by atoms with E-state index in [-0.39, 0.29) is 18.1 Å². The van der Waals surface area contributed by atoms with Gasteiger partial charge in [-0.2, -0.15) is 0 Å². The van der Waals surface area contributed by atoms with Crippen molar-refractivity contribution in [2.45, 2.75) is 26.0 Å². The fraction of sp³-hybridized carbons (Fsp3) is 0.200. The van der Waals surface area contributed by atoms with Gasteiger partial charge in [0, 0.05) is 30.5 Å². The first-order valence-electron chi connectivity index (χ1n) is 12.1. The van der Waals surface area contributed by atoms with E-state index in [4.69, 9.17) is 9.47 Å². The van der Waals surface area contributed by atoms with Crippen molar-refractivity contribution in [3.05, 3.63) is 101 Å². The number of carbonyl (C=O) groups is 3. The zero-order valence-corrected chi connectivity index (χ0v) is 20.5. The Morgan fingerprint density at radius 2 is 1.65 bits per heavy atom. The number of esters is 2. The summed E-state index contributed by atoms with van der Waals surface area (Å²) >= 11 is 0. The molecule has 1 saturated heterocycles. The Balaban J connectivity index is 1.42. The summed E-state index contributed by atoms with van der Waals surface area (Å²) in [6.07, 6.45) is 1.47. The van der Waals surface area contributed by atoms with Gasteiger partial charge < -0.3 is 14.4 Å². The number of hydrogen-bond donors (Lipinski definition) is 0. The average molecular weight is 495 g/mol. The van der Waals surface area contributed by atoms with Crippen LogP contribution in [0.25, 0.3) is 22.0 Å². The first kappa shape index (κ1) is 24.2. The van der Waals surface area contributed by atoms with Gasteiger partial charge in [0.2, 0.25) is 5.91 Å². The van der Waals surface area contributed by atoms with Gasteiger partial charge in [-0.1, -0.05) is 60.7 Å². The van der Waals surface area contributed by atoms with E-state index in [0.29, 0.717) is 35.3 Å². The fourth-order valence-electron chi connectivity index (χ4n) is 4.65. The highest BCUT2D eigenvalue weighted by atomic mass is 16.5. The number of ether oxygens (including phenoxy) is 2. The van der Waals surface area contributed by atoms with Gasteiger partial charge in [0.15, 0.2) is 0 Å². The second-order valence-corrected chi connectivity index (χ2v) is 8.88. The van der Waals surface area contributed by atoms with Gasteiger partial charge in [0.05, 0.1) is 29.4 Å². The van der Waals surface area contributed by atoms with Crippen molar-refractivity contribution in [2.24, 2.45) is 0 Å². The Bertz CT molecular complexity index is 1470. The number of methoxy groups -OCH3 is 1. The third-order valence-corrected chi connectivity index (χ3v) is 6.49. The van der Waals surface area contributed by atoms with E-state index in [0.717, 1.165) is 29.5 Å². The predicted octanol–water partition coefficient (Wildman–Crippen LogP) is 5.17. The van der Waals surface area contributed by atoms with Crippen LogP contribution in [0.15, 0.2) is 78.9 Å². The van der Waals surface area contributed by atoms with Crippen LogP contribution < -0.4 is 0 Å². The molecule has 0 radical (unpaired) electrons. The van der Waals surface area contributed by atoms with Gasteiger partial charge in [0.1, 0.15) is 6.61 Å². The molecule has 1 fully saturated rings. The van der Waals surface area contributed by atoms with Crippen LogP contribution in [0, 0.1) is 0 Å². The van der Waals surface area contributed by atoms with Crippen LogP contribution in [0.1, 0.15) is 44.8 Å². The smallest absolute Gasteiger partial charge is 0.340 e. The van der Waals surface area contributed by atoms with Crippen LogP contribution in [0.5, 0.6) is 0 Å². The summed E-state index contributed by atoms with van der Waals surface area (Å²) in [6, 6.07) is 24.1. The number of carbonyl (C=O) groups excluding carboxylic acids is 3. The van der Waals surface area contributed by atoms with Gasteiger partial charge in [0.25, 0.3) is 0 Å². The van der Waals surface area contributed by atoms with Crippen LogP contribution in [-0.4, -0.2) is 41.4 Å². The second kappa shape index (κ2) is 10.6. The lowest BCUT2D eigenvalue weighted by Gasteiger charge is -2.17. The molecular formula is C30H26N2O5. The molecule has 3 aromatic carbocycles. The van der Waals surface area contributed by atoms with Gasteiger partial charge in [-0.05, 0) is 35.7 Å². The molecule has 1 aliphatic rings. The van der Waals surface area contributed by atoms with Crippen LogP contribution in [-0.2, 0) is 27.4 Å². The lowest BCUT2D eigenvalue weighted by Crippen LogP contribution is -2.23. The summed E-state index contributed by atoms with van der Waals surface area (Å²) in [5.41, 5.74) is 4.11. The molecule has 1 amide bonds. The number of para-hydroxylation sites is 1. The normalized spacial score (nSPS) is 13.1. The number of amides is 1. The largest absolute Gasteiger partial charge is 0.465 e. The Morgan fingerprint density at radius 1 is 0.919 bits per heavy atom. The molecule has 7 heteroatoms. The van der Waals surface area contributed by atoms with E-state index in [1.54, 1.807) is 12.1 Å². The van der Waals surface area contributed by atoms with Crippen molar-refractivity contribution in [2.75, 3.05) is 13.7 Å². The summed E-state index contributed by atoms with van der Waals surface area (Å²) < 4.78 is 10.7. The zero-order valence-electron chi connectivity index (χ0n) is 20.5. The van der Waals surface area contributed by atoms with E-state index in [1.165, 1.54) is 7.11 Å². The van der Waals surface area contributed by atoms with E-state index >= 15 is 0 Å². The molecule has 186 valence electrons. The van der Waals surface area contributed by atoms with E-state index in [9.17, 15) is 14.4 Å². The summed E-state index contributed by atoms with van der Waals surface area (Å²) in [5, 5.41) is 0.802. The molecule has 0 spiro atoms. The third kappa shape index (κ3) is 5.07. The number of aromatic nitrogens is 1. The minimum atomic E-state index is -0.552. The van der Waals surface area contributed by atoms with Crippen molar-refractivity contribution < 1.29 is 23.9 Å². The lowest BCUT2D eigenvalue weighted by molar-refractivity contribution is -0.128. The molecule has 0 atom stereocenters. The molecule has 0 aliphatic carbocycles. The van der Waals surface area contributed by atoms with Gasteiger partial charge >= 0.3 is 11.9 Å². The number of benzene rings is 3. The molecule has 0 N–H and O–H groups in total. The Labute approximate surface area is 214 Å². The van der Waals surface area contributed by atoms with Crippen LogP contribution in [0.4, 0.5) is 0 Å². The van der Waals surface area contributed by atoms with Crippen molar-refractivity contribution in [1.29, 1.82) is 0 Å². The molecule has 5 rings (SSSR count). The maximum atomic E-state index is 13.0. The maximum Gasteiger partial charge on any atom is 0.340 e. The van der Waals surface area contributed by atoms with E-state index in [2.05, 4.69) is 4.98 Å². The monoisotopic (exact) mass is 494 g/mol. The first-order chi connectivity index (χ1) is 18.0. The molecule has 7 nitrogen and oxygen atoms in total. The molecule has 4 aromatic rings. The summed E-state index contributed by atoms with van der Waals surface area (Å²) in [7, 11) is 1.32. The zero-order chi connectivity index (χ0) is 25.8. The van der Waals surface area contributed by atoms with Crippen LogP contribution >= 0.6 is 0 Å². The Hall–Kier alpha value is -4.52. The molecule has 1 aromatic heterocycles. The minimum absolute atomic E-state index is 0.155. The summed E-state index contributed by atoms with van der Waals surface area (Å²) in [4.78, 5) is 44.2. The van der Waals surface area contributed by atoms with Crippen LogP contribution in [0.3, 0.4) is 0 Å². The molecule has 0 saturated carbocycles. The summed E-state index contributed by atoms with van der Waals surface area (Å²) in [5.74, 6) is -0.928. The standard InChI is InChI=1S/C30H26N2O5/c1-36-30(35)28-25(31-24-11-6-5-10-23(24)27(28)21-8-3-2-4-9-21)19-37-29(34)22-15-13-20(14-16-22)18-32-17-7-12-26(32)33/h2-6,8-11,13-16H,7,12,17-19H2,1H3. The number of rotatable bonds is 7. The fourth-order valence-corrected chi connectivity index (χ4v) is 4.65. The quantitative estimate of drug-likeness (QED) is 0.330. The summed E-state index contributed by atoms with van der Waals surface area (Å²) in [6.45, 7) is 1.09. The number of nitrogens with zero attached hydrogens (tertiary/aromatic N) is 2. The van der Waals surface area contributed by atoms with Gasteiger partial charge in [-0.25, -0.2) is 14.6 Å². The Morgan fingerprint density at radius 3 is 2.35 bits per heavy atom. The van der Waals surface area contributed by atoms with Crippen molar-refractivity contribution in [1.82, 2.24) is 9.88 Å². The highest BCUT2D eigenvalue weighted by molar-refractivity contribution is 6.08. The van der Waals surface area contributed by atoms with Gasteiger partial charge in [-0.15, -0.1) is 0 Å². The van der Waals surface area contributed by atoms with E-state index in [1.807, 2.05) is 71.6 Å². The minimum Gasteiger partial charge on any atom is -0.465 e. The number of fused-ring (bicyclic) bond motifs is 1. The molecule has 1 aliphatic heterocycles. The predicted molar refractivity (Wildman–Crippen MR) is 139 cm³/mol. The van der Waals surface area contributed by atoms with Crippen LogP contribution in [0.2, 0.25) is 0 Å².